The molecule has 1 aliphatic rings. The van der Waals surface area contributed by atoms with Crippen LogP contribution in [0.4, 0.5) is 13.6 Å². The van der Waals surface area contributed by atoms with E-state index in [-0.39, 0.29) is 12.6 Å². The van der Waals surface area contributed by atoms with Crippen molar-refractivity contribution in [2.24, 2.45) is 5.92 Å². The number of likely N-dealkylation sites (tertiary alicyclic amines) is 1. The van der Waals surface area contributed by atoms with Crippen molar-refractivity contribution in [3.05, 3.63) is 35.4 Å². The average molecular weight is 268 g/mol. The van der Waals surface area contributed by atoms with Crippen LogP contribution in [0.1, 0.15) is 25.3 Å². The van der Waals surface area contributed by atoms with Gasteiger partial charge in [-0.15, -0.1) is 0 Å². The molecule has 0 bridgehead atoms. The predicted molar refractivity (Wildman–Crippen MR) is 68.6 cm³/mol. The van der Waals surface area contributed by atoms with E-state index in [1.807, 2.05) is 0 Å². The normalized spacial score (nSPS) is 19.3. The minimum atomic E-state index is -0.632. The van der Waals surface area contributed by atoms with Crippen LogP contribution < -0.4 is 5.32 Å². The minimum absolute atomic E-state index is 0.0792. The van der Waals surface area contributed by atoms with Crippen LogP contribution in [0.25, 0.3) is 0 Å². The molecule has 2 amide bonds. The van der Waals surface area contributed by atoms with E-state index in [0.717, 1.165) is 32.0 Å². The van der Waals surface area contributed by atoms with Crippen LogP contribution in [-0.4, -0.2) is 24.0 Å². The summed E-state index contributed by atoms with van der Waals surface area (Å²) in [5, 5.41) is 2.67. The molecule has 0 aromatic heterocycles. The molecule has 5 heteroatoms. The lowest BCUT2D eigenvalue weighted by atomic mass is 10.0. The maximum Gasteiger partial charge on any atom is 0.317 e. The summed E-state index contributed by atoms with van der Waals surface area (Å²) in [6.45, 7) is 3.66. The fourth-order valence-electron chi connectivity index (χ4n) is 2.32. The highest BCUT2D eigenvalue weighted by atomic mass is 19.1. The number of urea groups is 1. The molecule has 3 nitrogen and oxygen atoms in total. The van der Waals surface area contributed by atoms with Crippen LogP contribution in [0.5, 0.6) is 0 Å². The third-order valence-electron chi connectivity index (χ3n) is 3.39. The van der Waals surface area contributed by atoms with Crippen molar-refractivity contribution in [3.63, 3.8) is 0 Å². The van der Waals surface area contributed by atoms with Crippen LogP contribution in [0, 0.1) is 17.6 Å². The molecule has 1 fully saturated rings. The Labute approximate surface area is 111 Å². The van der Waals surface area contributed by atoms with E-state index in [1.165, 1.54) is 12.1 Å². The van der Waals surface area contributed by atoms with E-state index in [4.69, 9.17) is 0 Å². The minimum Gasteiger partial charge on any atom is -0.334 e. The second-order valence-electron chi connectivity index (χ2n) is 5.09. The molecule has 1 unspecified atom stereocenters. The number of rotatable bonds is 2. The maximum atomic E-state index is 13.4. The number of hydrogen-bond donors (Lipinski definition) is 1. The fourth-order valence-corrected chi connectivity index (χ4v) is 2.32. The number of carbonyl (C=O) groups is 1. The Hall–Kier alpha value is -1.65. The van der Waals surface area contributed by atoms with E-state index in [2.05, 4.69) is 12.2 Å². The highest BCUT2D eigenvalue weighted by molar-refractivity contribution is 5.74. The van der Waals surface area contributed by atoms with E-state index < -0.39 is 11.6 Å². The number of nitrogens with one attached hydrogen (secondary N) is 1. The summed E-state index contributed by atoms with van der Waals surface area (Å²) >= 11 is 0. The molecule has 0 saturated carbocycles. The molecule has 1 heterocycles. The van der Waals surface area contributed by atoms with Crippen LogP contribution in [0.2, 0.25) is 0 Å². The summed E-state index contributed by atoms with van der Waals surface area (Å²) in [4.78, 5) is 13.7. The molecule has 104 valence electrons. The third-order valence-corrected chi connectivity index (χ3v) is 3.39. The highest BCUT2D eigenvalue weighted by Crippen LogP contribution is 2.15. The number of halogens is 2. The van der Waals surface area contributed by atoms with Gasteiger partial charge >= 0.3 is 6.03 Å². The first-order valence-electron chi connectivity index (χ1n) is 6.53. The molecule has 0 aliphatic carbocycles. The lowest BCUT2D eigenvalue weighted by molar-refractivity contribution is 0.169. The molecule has 1 aromatic carbocycles. The van der Waals surface area contributed by atoms with Gasteiger partial charge in [-0.3, -0.25) is 0 Å². The van der Waals surface area contributed by atoms with Crippen LogP contribution in [-0.2, 0) is 6.54 Å². The Bertz CT molecular complexity index is 465. The molecule has 0 spiro atoms. The SMILES string of the molecule is CC1CCCN(C(=O)NCc2ccc(F)cc2F)C1. The first-order valence-corrected chi connectivity index (χ1v) is 6.53. The first-order chi connectivity index (χ1) is 9.06. The van der Waals surface area contributed by atoms with Crippen LogP contribution in [0.15, 0.2) is 18.2 Å². The molecule has 0 radical (unpaired) electrons. The Kier molecular flexibility index (Phi) is 4.35. The van der Waals surface area contributed by atoms with Crippen LogP contribution >= 0.6 is 0 Å². The van der Waals surface area contributed by atoms with Gasteiger partial charge < -0.3 is 10.2 Å². The molecular weight excluding hydrogens is 250 g/mol. The van der Waals surface area contributed by atoms with Crippen molar-refractivity contribution in [3.8, 4) is 0 Å². The van der Waals surface area contributed by atoms with E-state index in [9.17, 15) is 13.6 Å². The lowest BCUT2D eigenvalue weighted by Crippen LogP contribution is -2.44. The number of nitrogens with zero attached hydrogens (tertiary/aromatic N) is 1. The zero-order valence-electron chi connectivity index (χ0n) is 11.0. The van der Waals surface area contributed by atoms with Gasteiger partial charge in [-0.05, 0) is 24.8 Å². The van der Waals surface area contributed by atoms with Gasteiger partial charge in [-0.2, -0.15) is 0 Å². The maximum absolute atomic E-state index is 13.4. The molecule has 1 N–H and O–H groups in total. The zero-order chi connectivity index (χ0) is 13.8. The average Bonchev–Trinajstić information content (AvgIpc) is 2.37. The number of amides is 2. The topological polar surface area (TPSA) is 32.3 Å². The van der Waals surface area contributed by atoms with E-state index >= 15 is 0 Å². The second-order valence-corrected chi connectivity index (χ2v) is 5.09. The molecule has 1 atom stereocenters. The third kappa shape index (κ3) is 3.66. The second kappa shape index (κ2) is 5.99. The van der Waals surface area contributed by atoms with Gasteiger partial charge in [0.2, 0.25) is 0 Å². The standard InChI is InChI=1S/C14H18F2N2O/c1-10-3-2-6-18(9-10)14(19)17-8-11-4-5-12(15)7-13(11)16/h4-5,7,10H,2-3,6,8-9H2,1H3,(H,17,19). The molecule has 1 aliphatic heterocycles. The van der Waals surface area contributed by atoms with Gasteiger partial charge in [0.1, 0.15) is 11.6 Å². The van der Waals surface area contributed by atoms with Crippen molar-refractivity contribution in [2.75, 3.05) is 13.1 Å². The van der Waals surface area contributed by atoms with Gasteiger partial charge in [-0.25, -0.2) is 13.6 Å². The highest BCUT2D eigenvalue weighted by Gasteiger charge is 2.20. The number of hydrogen-bond acceptors (Lipinski definition) is 1. The Balaban J connectivity index is 1.89. The smallest absolute Gasteiger partial charge is 0.317 e. The quantitative estimate of drug-likeness (QED) is 0.878. The summed E-state index contributed by atoms with van der Waals surface area (Å²) < 4.78 is 26.1. The number of piperidine rings is 1. The number of benzene rings is 1. The predicted octanol–water partition coefficient (Wildman–Crippen LogP) is 2.91. The van der Waals surface area contributed by atoms with E-state index in [1.54, 1.807) is 4.90 Å². The summed E-state index contributed by atoms with van der Waals surface area (Å²) in [5.74, 6) is -0.744. The first kappa shape index (κ1) is 13.8. The fraction of sp³-hybridized carbons (Fsp3) is 0.500. The summed E-state index contributed by atoms with van der Waals surface area (Å²) in [5.41, 5.74) is 0.291. The molecule has 19 heavy (non-hydrogen) atoms. The monoisotopic (exact) mass is 268 g/mol. The zero-order valence-corrected chi connectivity index (χ0v) is 11.0. The molecule has 1 saturated heterocycles. The van der Waals surface area contributed by atoms with Crippen molar-refractivity contribution < 1.29 is 13.6 Å². The molecule has 1 aromatic rings. The largest absolute Gasteiger partial charge is 0.334 e. The summed E-state index contributed by atoms with van der Waals surface area (Å²) in [6.07, 6.45) is 2.13. The van der Waals surface area contributed by atoms with Gasteiger partial charge in [0.25, 0.3) is 0 Å². The summed E-state index contributed by atoms with van der Waals surface area (Å²) in [7, 11) is 0. The number of carbonyl (C=O) groups excluding carboxylic acids is 1. The van der Waals surface area contributed by atoms with Crippen molar-refractivity contribution in [1.82, 2.24) is 10.2 Å². The lowest BCUT2D eigenvalue weighted by Gasteiger charge is -2.30. The summed E-state index contributed by atoms with van der Waals surface area (Å²) in [6, 6.07) is 3.18. The van der Waals surface area contributed by atoms with E-state index in [0.29, 0.717) is 11.5 Å². The van der Waals surface area contributed by atoms with Gasteiger partial charge in [0.05, 0.1) is 0 Å². The Morgan fingerprint density at radius 2 is 2.26 bits per heavy atom. The molecule has 2 rings (SSSR count). The van der Waals surface area contributed by atoms with Gasteiger partial charge in [0, 0.05) is 31.3 Å². The van der Waals surface area contributed by atoms with Gasteiger partial charge in [-0.1, -0.05) is 13.0 Å². The Morgan fingerprint density at radius 1 is 1.47 bits per heavy atom. The van der Waals surface area contributed by atoms with Crippen molar-refractivity contribution >= 4 is 6.03 Å². The Morgan fingerprint density at radius 3 is 2.95 bits per heavy atom. The van der Waals surface area contributed by atoms with Crippen molar-refractivity contribution in [2.45, 2.75) is 26.3 Å². The molecular formula is C14H18F2N2O. The van der Waals surface area contributed by atoms with Crippen LogP contribution in [0.3, 0.4) is 0 Å². The van der Waals surface area contributed by atoms with Crippen molar-refractivity contribution in [1.29, 1.82) is 0 Å². The van der Waals surface area contributed by atoms with Gasteiger partial charge in [0.15, 0.2) is 0 Å².